The molecule has 0 spiro atoms. The number of hydrogen-bond donors (Lipinski definition) is 1. The first-order valence-corrected chi connectivity index (χ1v) is 6.15. The number of nitrogen functional groups attached to an aromatic ring is 1. The number of aromatic nitrogens is 2. The van der Waals surface area contributed by atoms with Gasteiger partial charge in [0, 0.05) is 6.54 Å². The zero-order chi connectivity index (χ0) is 12.1. The minimum Gasteiger partial charge on any atom is -0.396 e. The van der Waals surface area contributed by atoms with Crippen molar-refractivity contribution < 1.29 is 0 Å². The van der Waals surface area contributed by atoms with Gasteiger partial charge in [-0.2, -0.15) is 5.10 Å². The number of aryl methyl sites for hydroxylation is 2. The molecule has 0 aliphatic heterocycles. The number of hydrogen-bond acceptors (Lipinski definition) is 2. The number of benzene rings is 1. The molecule has 0 radical (unpaired) electrons. The summed E-state index contributed by atoms with van der Waals surface area (Å²) in [6, 6.07) is 10.5. The van der Waals surface area contributed by atoms with Crippen LogP contribution in [0.3, 0.4) is 0 Å². The molecule has 2 N–H and O–H groups in total. The summed E-state index contributed by atoms with van der Waals surface area (Å²) in [7, 11) is 0. The largest absolute Gasteiger partial charge is 0.396 e. The molecular weight excluding hydrogens is 210 g/mol. The molecule has 0 fully saturated rings. The summed E-state index contributed by atoms with van der Waals surface area (Å²) in [5, 5.41) is 4.31. The topological polar surface area (TPSA) is 43.8 Å². The van der Waals surface area contributed by atoms with Gasteiger partial charge in [0.25, 0.3) is 0 Å². The summed E-state index contributed by atoms with van der Waals surface area (Å²) in [6.45, 7) is 3.05. The quantitative estimate of drug-likeness (QED) is 0.856. The summed E-state index contributed by atoms with van der Waals surface area (Å²) in [6.07, 6.45) is 4.88. The highest BCUT2D eigenvalue weighted by Gasteiger charge is 2.05. The predicted octanol–water partition coefficient (Wildman–Crippen LogP) is 2.66. The van der Waals surface area contributed by atoms with E-state index in [0.717, 1.165) is 37.2 Å². The Labute approximate surface area is 102 Å². The first-order valence-electron chi connectivity index (χ1n) is 6.15. The summed E-state index contributed by atoms with van der Waals surface area (Å²) in [4.78, 5) is 0. The third kappa shape index (κ3) is 2.87. The summed E-state index contributed by atoms with van der Waals surface area (Å²) >= 11 is 0. The summed E-state index contributed by atoms with van der Waals surface area (Å²) in [5.41, 5.74) is 9.19. The zero-order valence-corrected chi connectivity index (χ0v) is 10.3. The molecule has 1 aromatic heterocycles. The lowest BCUT2D eigenvalue weighted by Gasteiger charge is -2.06. The van der Waals surface area contributed by atoms with Crippen molar-refractivity contribution >= 4 is 5.69 Å². The van der Waals surface area contributed by atoms with E-state index >= 15 is 0 Å². The highest BCUT2D eigenvalue weighted by molar-refractivity contribution is 5.40. The van der Waals surface area contributed by atoms with Crippen molar-refractivity contribution in [3.63, 3.8) is 0 Å². The number of rotatable bonds is 5. The van der Waals surface area contributed by atoms with Crippen LogP contribution in [0.5, 0.6) is 0 Å². The number of nitrogens with zero attached hydrogens (tertiary/aromatic N) is 2. The molecule has 0 unspecified atom stereocenters. The maximum atomic E-state index is 5.85. The van der Waals surface area contributed by atoms with Gasteiger partial charge in [-0.3, -0.25) is 4.68 Å². The van der Waals surface area contributed by atoms with E-state index < -0.39 is 0 Å². The van der Waals surface area contributed by atoms with Crippen molar-refractivity contribution in [2.75, 3.05) is 5.73 Å². The van der Waals surface area contributed by atoms with Gasteiger partial charge in [0.05, 0.1) is 17.6 Å². The number of nitrogens with two attached hydrogens (primary N) is 1. The van der Waals surface area contributed by atoms with Crippen LogP contribution in [0.15, 0.2) is 36.5 Å². The van der Waals surface area contributed by atoms with E-state index in [0.29, 0.717) is 0 Å². The van der Waals surface area contributed by atoms with Crippen LogP contribution in [0, 0.1) is 0 Å². The Morgan fingerprint density at radius 2 is 2.00 bits per heavy atom. The Morgan fingerprint density at radius 3 is 2.71 bits per heavy atom. The van der Waals surface area contributed by atoms with E-state index in [1.54, 1.807) is 6.20 Å². The first-order chi connectivity index (χ1) is 8.31. The van der Waals surface area contributed by atoms with Crippen LogP contribution in [-0.2, 0) is 19.4 Å². The van der Waals surface area contributed by atoms with Crippen LogP contribution < -0.4 is 5.73 Å². The molecule has 0 saturated heterocycles. The Kier molecular flexibility index (Phi) is 3.81. The van der Waals surface area contributed by atoms with Crippen LogP contribution in [0.25, 0.3) is 0 Å². The van der Waals surface area contributed by atoms with Gasteiger partial charge in [-0.15, -0.1) is 0 Å². The molecule has 3 heteroatoms. The second kappa shape index (κ2) is 5.53. The first kappa shape index (κ1) is 11.7. The lowest BCUT2D eigenvalue weighted by molar-refractivity contribution is 0.557. The molecule has 0 amide bonds. The molecule has 0 bridgehead atoms. The molecule has 17 heavy (non-hydrogen) atoms. The van der Waals surface area contributed by atoms with Gasteiger partial charge < -0.3 is 5.73 Å². The van der Waals surface area contributed by atoms with Gasteiger partial charge in [-0.1, -0.05) is 37.3 Å². The molecule has 0 atom stereocenters. The van der Waals surface area contributed by atoms with E-state index in [2.05, 4.69) is 36.3 Å². The van der Waals surface area contributed by atoms with Crippen LogP contribution in [0.4, 0.5) is 5.69 Å². The maximum absolute atomic E-state index is 5.85. The summed E-state index contributed by atoms with van der Waals surface area (Å²) < 4.78 is 2.03. The fraction of sp³-hybridized carbons (Fsp3) is 0.357. The smallest absolute Gasteiger partial charge is 0.0732 e. The van der Waals surface area contributed by atoms with Gasteiger partial charge in [0.1, 0.15) is 0 Å². The van der Waals surface area contributed by atoms with Gasteiger partial charge >= 0.3 is 0 Å². The van der Waals surface area contributed by atoms with E-state index in [4.69, 9.17) is 5.73 Å². The van der Waals surface area contributed by atoms with E-state index in [9.17, 15) is 0 Å². The molecule has 0 aliphatic rings. The van der Waals surface area contributed by atoms with E-state index in [-0.39, 0.29) is 0 Å². The SMILES string of the molecule is CCc1c(N)cnn1CCCc1ccccc1. The van der Waals surface area contributed by atoms with Crippen molar-refractivity contribution in [2.45, 2.75) is 32.7 Å². The van der Waals surface area contributed by atoms with Crippen LogP contribution >= 0.6 is 0 Å². The van der Waals surface area contributed by atoms with Crippen LogP contribution in [-0.4, -0.2) is 9.78 Å². The molecular formula is C14H19N3. The molecule has 2 aromatic rings. The highest BCUT2D eigenvalue weighted by Crippen LogP contribution is 2.12. The van der Waals surface area contributed by atoms with Crippen molar-refractivity contribution in [3.8, 4) is 0 Å². The van der Waals surface area contributed by atoms with Gasteiger partial charge in [0.15, 0.2) is 0 Å². The summed E-state index contributed by atoms with van der Waals surface area (Å²) in [5.74, 6) is 0. The second-order valence-corrected chi connectivity index (χ2v) is 4.21. The van der Waals surface area contributed by atoms with E-state index in [1.165, 1.54) is 5.56 Å². The Morgan fingerprint density at radius 1 is 1.24 bits per heavy atom. The van der Waals surface area contributed by atoms with Crippen molar-refractivity contribution in [1.29, 1.82) is 0 Å². The lowest BCUT2D eigenvalue weighted by atomic mass is 10.1. The van der Waals surface area contributed by atoms with Crippen LogP contribution in [0.1, 0.15) is 24.6 Å². The minimum atomic E-state index is 0.812. The molecule has 2 rings (SSSR count). The Hall–Kier alpha value is -1.77. The van der Waals surface area contributed by atoms with Crippen molar-refractivity contribution in [2.24, 2.45) is 0 Å². The van der Waals surface area contributed by atoms with Gasteiger partial charge in [0.2, 0.25) is 0 Å². The molecule has 0 saturated carbocycles. The van der Waals surface area contributed by atoms with Gasteiger partial charge in [-0.05, 0) is 24.8 Å². The molecule has 1 aromatic carbocycles. The van der Waals surface area contributed by atoms with Crippen molar-refractivity contribution in [1.82, 2.24) is 9.78 Å². The average Bonchev–Trinajstić information content (AvgIpc) is 2.71. The number of anilines is 1. The Balaban J connectivity index is 1.90. The fourth-order valence-corrected chi connectivity index (χ4v) is 2.08. The van der Waals surface area contributed by atoms with Gasteiger partial charge in [-0.25, -0.2) is 0 Å². The Bertz CT molecular complexity index is 460. The fourth-order valence-electron chi connectivity index (χ4n) is 2.08. The third-order valence-electron chi connectivity index (χ3n) is 2.99. The maximum Gasteiger partial charge on any atom is 0.0732 e. The monoisotopic (exact) mass is 229 g/mol. The second-order valence-electron chi connectivity index (χ2n) is 4.21. The minimum absolute atomic E-state index is 0.812. The van der Waals surface area contributed by atoms with Crippen molar-refractivity contribution in [3.05, 3.63) is 47.8 Å². The van der Waals surface area contributed by atoms with E-state index in [1.807, 2.05) is 10.7 Å². The standard InChI is InChI=1S/C14H19N3/c1-2-14-13(15)11-16-17(14)10-6-9-12-7-4-3-5-8-12/h3-5,7-8,11H,2,6,9-10,15H2,1H3. The molecule has 3 nitrogen and oxygen atoms in total. The average molecular weight is 229 g/mol. The highest BCUT2D eigenvalue weighted by atomic mass is 15.3. The zero-order valence-electron chi connectivity index (χ0n) is 10.3. The lowest BCUT2D eigenvalue weighted by Crippen LogP contribution is -2.06. The predicted molar refractivity (Wildman–Crippen MR) is 70.8 cm³/mol. The normalized spacial score (nSPS) is 10.6. The molecule has 90 valence electrons. The third-order valence-corrected chi connectivity index (χ3v) is 2.99. The molecule has 0 aliphatic carbocycles. The van der Waals surface area contributed by atoms with Crippen LogP contribution in [0.2, 0.25) is 0 Å². The molecule has 1 heterocycles.